The summed E-state index contributed by atoms with van der Waals surface area (Å²) in [6.07, 6.45) is 4.55. The van der Waals surface area contributed by atoms with Gasteiger partial charge in [0.05, 0.1) is 0 Å². The minimum absolute atomic E-state index is 0. The Bertz CT molecular complexity index is 83.7. The second-order valence-corrected chi connectivity index (χ2v) is 2.20. The Kier molecular flexibility index (Phi) is 12.1. The van der Waals surface area contributed by atoms with E-state index in [0.717, 1.165) is 19.3 Å². The molecule has 0 amide bonds. The molecule has 3 heteroatoms. The van der Waals surface area contributed by atoms with Crippen LogP contribution in [0.1, 0.15) is 39.0 Å². The Morgan fingerprint density at radius 2 is 1.90 bits per heavy atom. The summed E-state index contributed by atoms with van der Waals surface area (Å²) in [4.78, 5) is 9.96. The van der Waals surface area contributed by atoms with E-state index in [2.05, 4.69) is 6.92 Å². The van der Waals surface area contributed by atoms with Gasteiger partial charge in [-0.05, 0) is 6.42 Å². The zero-order valence-electron chi connectivity index (χ0n) is 6.34. The largest absolute Gasteiger partial charge is 0.481 e. The van der Waals surface area contributed by atoms with E-state index in [0.29, 0.717) is 6.42 Å². The van der Waals surface area contributed by atoms with Gasteiger partial charge in [0.25, 0.3) is 0 Å². The molecule has 0 aromatic carbocycles. The van der Waals surface area contributed by atoms with Crippen molar-refractivity contribution >= 4 is 32.2 Å². The fourth-order valence-electron chi connectivity index (χ4n) is 0.703. The third-order valence-electron chi connectivity index (χ3n) is 1.24. The minimum atomic E-state index is -0.675. The van der Waals surface area contributed by atoms with Gasteiger partial charge in [0.1, 0.15) is 0 Å². The van der Waals surface area contributed by atoms with Gasteiger partial charge in [-0.1, -0.05) is 26.2 Å². The minimum Gasteiger partial charge on any atom is -0.481 e. The number of hydrogen-bond acceptors (Lipinski definition) is 1. The molecule has 0 aromatic rings. The normalized spacial score (nSPS) is 8.50. The van der Waals surface area contributed by atoms with Gasteiger partial charge < -0.3 is 5.11 Å². The first kappa shape index (κ1) is 13.0. The van der Waals surface area contributed by atoms with E-state index in [1.807, 2.05) is 0 Å². The zero-order valence-corrected chi connectivity index (χ0v) is 9.82. The third-order valence-corrected chi connectivity index (χ3v) is 1.24. The number of rotatable bonds is 5. The molecule has 1 N–H and O–H groups in total. The van der Waals surface area contributed by atoms with E-state index in [1.165, 1.54) is 6.42 Å². The standard InChI is InChI=1S/C7H14O2.Bi/c1-2-3-4-5-6-7(8)9;/h2-6H2,1H3,(H,8,9);. The molecule has 0 aromatic heterocycles. The average Bonchev–Trinajstić information content (AvgIpc) is 1.80. The predicted octanol–water partition coefficient (Wildman–Crippen LogP) is 1.66. The Labute approximate surface area is 81.1 Å². The zero-order chi connectivity index (χ0) is 7.11. The van der Waals surface area contributed by atoms with Gasteiger partial charge >= 0.3 is 5.97 Å². The maximum atomic E-state index is 9.96. The average molecular weight is 339 g/mol. The molecule has 0 aliphatic heterocycles. The molecule has 0 saturated heterocycles. The summed E-state index contributed by atoms with van der Waals surface area (Å²) in [5.74, 6) is -0.675. The van der Waals surface area contributed by atoms with Crippen molar-refractivity contribution in [3.8, 4) is 0 Å². The van der Waals surface area contributed by atoms with Gasteiger partial charge in [0, 0.05) is 32.6 Å². The Morgan fingerprint density at radius 3 is 2.30 bits per heavy atom. The van der Waals surface area contributed by atoms with Crippen LogP contribution in [0.15, 0.2) is 0 Å². The summed E-state index contributed by atoms with van der Waals surface area (Å²) >= 11 is 0. The summed E-state index contributed by atoms with van der Waals surface area (Å²) in [7, 11) is 0. The molecule has 0 saturated carbocycles. The smallest absolute Gasteiger partial charge is 0.303 e. The first-order valence-electron chi connectivity index (χ1n) is 3.49. The first-order valence-corrected chi connectivity index (χ1v) is 3.49. The number of carbonyl (C=O) groups is 1. The van der Waals surface area contributed by atoms with Crippen molar-refractivity contribution in [2.75, 3.05) is 0 Å². The van der Waals surface area contributed by atoms with Gasteiger partial charge in [0.15, 0.2) is 0 Å². The van der Waals surface area contributed by atoms with Crippen molar-refractivity contribution in [1.82, 2.24) is 0 Å². The molecule has 0 rings (SSSR count). The van der Waals surface area contributed by atoms with Crippen LogP contribution in [-0.2, 0) is 4.79 Å². The van der Waals surface area contributed by atoms with Crippen molar-refractivity contribution in [3.05, 3.63) is 0 Å². The molecule has 0 heterocycles. The quantitative estimate of drug-likeness (QED) is 0.611. The summed E-state index contributed by atoms with van der Waals surface area (Å²) in [6, 6.07) is 0. The third kappa shape index (κ3) is 11.2. The molecule has 2 nitrogen and oxygen atoms in total. The summed E-state index contributed by atoms with van der Waals surface area (Å²) in [5.41, 5.74) is 0. The first-order chi connectivity index (χ1) is 4.27. The van der Waals surface area contributed by atoms with Crippen molar-refractivity contribution in [1.29, 1.82) is 0 Å². The number of carboxylic acid groups (broad SMARTS) is 1. The summed E-state index contributed by atoms with van der Waals surface area (Å²) in [6.45, 7) is 2.11. The van der Waals surface area contributed by atoms with Crippen LogP contribution < -0.4 is 0 Å². The van der Waals surface area contributed by atoms with E-state index in [4.69, 9.17) is 5.11 Å². The van der Waals surface area contributed by atoms with Gasteiger partial charge in [0.2, 0.25) is 0 Å². The second kappa shape index (κ2) is 9.35. The van der Waals surface area contributed by atoms with E-state index in [1.54, 1.807) is 0 Å². The monoisotopic (exact) mass is 339 g/mol. The Morgan fingerprint density at radius 1 is 1.30 bits per heavy atom. The van der Waals surface area contributed by atoms with Gasteiger partial charge in [-0.2, -0.15) is 0 Å². The van der Waals surface area contributed by atoms with Gasteiger partial charge in [-0.25, -0.2) is 0 Å². The molecule has 3 radical (unpaired) electrons. The van der Waals surface area contributed by atoms with Crippen LogP contribution in [0, 0.1) is 0 Å². The van der Waals surface area contributed by atoms with Gasteiger partial charge in [-0.15, -0.1) is 0 Å². The maximum absolute atomic E-state index is 9.96. The van der Waals surface area contributed by atoms with Crippen molar-refractivity contribution < 1.29 is 9.90 Å². The number of carboxylic acids is 1. The SMILES string of the molecule is CCCCCCC(=O)O.[Bi]. The van der Waals surface area contributed by atoms with E-state index in [9.17, 15) is 4.79 Å². The molecule has 0 fully saturated rings. The number of aliphatic carboxylic acids is 1. The van der Waals surface area contributed by atoms with E-state index < -0.39 is 5.97 Å². The summed E-state index contributed by atoms with van der Waals surface area (Å²) < 4.78 is 0. The molecule has 0 aliphatic rings. The topological polar surface area (TPSA) is 37.3 Å². The number of hydrogen-bond donors (Lipinski definition) is 1. The van der Waals surface area contributed by atoms with Crippen LogP contribution in [0.4, 0.5) is 0 Å². The molecule has 0 bridgehead atoms. The molecule has 59 valence electrons. The second-order valence-electron chi connectivity index (χ2n) is 2.20. The molecular weight excluding hydrogens is 325 g/mol. The van der Waals surface area contributed by atoms with Crippen molar-refractivity contribution in [2.24, 2.45) is 0 Å². The Balaban J connectivity index is 0. The van der Waals surface area contributed by atoms with Crippen LogP contribution in [-0.4, -0.2) is 37.3 Å². The van der Waals surface area contributed by atoms with Crippen molar-refractivity contribution in [2.45, 2.75) is 39.0 Å². The fraction of sp³-hybridized carbons (Fsp3) is 0.857. The van der Waals surface area contributed by atoms with Crippen LogP contribution in [0.2, 0.25) is 0 Å². The van der Waals surface area contributed by atoms with Crippen LogP contribution >= 0.6 is 0 Å². The van der Waals surface area contributed by atoms with Crippen LogP contribution in [0.25, 0.3) is 0 Å². The predicted molar refractivity (Wildman–Crippen MR) is 42.1 cm³/mol. The molecule has 0 spiro atoms. The van der Waals surface area contributed by atoms with Crippen LogP contribution in [0.3, 0.4) is 0 Å². The van der Waals surface area contributed by atoms with Gasteiger partial charge in [-0.3, -0.25) is 4.79 Å². The number of unbranched alkanes of at least 4 members (excludes halogenated alkanes) is 3. The molecule has 0 atom stereocenters. The molecule has 10 heavy (non-hydrogen) atoms. The summed E-state index contributed by atoms with van der Waals surface area (Å²) in [5, 5.41) is 8.21. The van der Waals surface area contributed by atoms with E-state index >= 15 is 0 Å². The molecule has 0 unspecified atom stereocenters. The maximum Gasteiger partial charge on any atom is 0.303 e. The molecular formula is C7H14BiO2. The fourth-order valence-corrected chi connectivity index (χ4v) is 0.703. The Hall–Kier alpha value is 0.353. The molecule has 0 aliphatic carbocycles. The van der Waals surface area contributed by atoms with Crippen molar-refractivity contribution in [3.63, 3.8) is 0 Å². The van der Waals surface area contributed by atoms with Crippen LogP contribution in [0.5, 0.6) is 0 Å². The van der Waals surface area contributed by atoms with E-state index in [-0.39, 0.29) is 26.2 Å².